The van der Waals surface area contributed by atoms with Crippen LogP contribution in [0.4, 0.5) is 4.79 Å². The first-order valence-corrected chi connectivity index (χ1v) is 6.77. The van der Waals surface area contributed by atoms with Crippen molar-refractivity contribution >= 4 is 6.09 Å². The summed E-state index contributed by atoms with van der Waals surface area (Å²) >= 11 is 0. The molecule has 2 aliphatic heterocycles. The summed E-state index contributed by atoms with van der Waals surface area (Å²) < 4.78 is 5.40. The Kier molecular flexibility index (Phi) is 3.56. The van der Waals surface area contributed by atoms with Crippen LogP contribution >= 0.6 is 0 Å². The minimum Gasteiger partial charge on any atom is -0.444 e. The van der Waals surface area contributed by atoms with Crippen LogP contribution in [0.2, 0.25) is 0 Å². The summed E-state index contributed by atoms with van der Waals surface area (Å²) in [5, 5.41) is 3.36. The second kappa shape index (κ2) is 4.70. The first-order valence-electron chi connectivity index (χ1n) is 6.77. The lowest BCUT2D eigenvalue weighted by atomic mass is 9.75. The molecule has 2 rings (SSSR count). The highest BCUT2D eigenvalue weighted by Crippen LogP contribution is 2.36. The van der Waals surface area contributed by atoms with Crippen molar-refractivity contribution in [3.8, 4) is 0 Å². The molecular formula is C13H25N3O2. The van der Waals surface area contributed by atoms with Crippen molar-refractivity contribution in [2.24, 2.45) is 11.1 Å². The second-order valence-corrected chi connectivity index (χ2v) is 6.57. The third kappa shape index (κ3) is 2.78. The molecule has 0 saturated carbocycles. The Morgan fingerprint density at radius 1 is 1.39 bits per heavy atom. The Balaban J connectivity index is 1.89. The molecule has 0 unspecified atom stereocenters. The summed E-state index contributed by atoms with van der Waals surface area (Å²) in [6, 6.07) is 0.221. The molecule has 0 aliphatic carbocycles. The molecular weight excluding hydrogens is 230 g/mol. The number of amides is 1. The van der Waals surface area contributed by atoms with Crippen molar-refractivity contribution in [3.05, 3.63) is 0 Å². The number of carbonyl (C=O) groups is 1. The summed E-state index contributed by atoms with van der Waals surface area (Å²) in [6.45, 7) is 9.07. The molecule has 1 spiro atoms. The molecule has 2 aliphatic rings. The third-order valence-corrected chi connectivity index (χ3v) is 4.04. The van der Waals surface area contributed by atoms with E-state index in [-0.39, 0.29) is 17.6 Å². The molecule has 1 amide bonds. The number of nitrogens with two attached hydrogens (primary N) is 1. The highest BCUT2D eigenvalue weighted by atomic mass is 16.6. The van der Waals surface area contributed by atoms with Gasteiger partial charge in [-0.25, -0.2) is 4.79 Å². The average molecular weight is 255 g/mol. The van der Waals surface area contributed by atoms with Gasteiger partial charge in [-0.3, -0.25) is 0 Å². The summed E-state index contributed by atoms with van der Waals surface area (Å²) in [7, 11) is 0. The monoisotopic (exact) mass is 255 g/mol. The lowest BCUT2D eigenvalue weighted by molar-refractivity contribution is 0.0105. The smallest absolute Gasteiger partial charge is 0.410 e. The predicted molar refractivity (Wildman–Crippen MR) is 70.3 cm³/mol. The fraction of sp³-hybridized carbons (Fsp3) is 0.923. The Morgan fingerprint density at radius 2 is 2.00 bits per heavy atom. The van der Waals surface area contributed by atoms with Crippen LogP contribution in [0.25, 0.3) is 0 Å². The van der Waals surface area contributed by atoms with Gasteiger partial charge in [-0.05, 0) is 33.6 Å². The molecule has 3 N–H and O–H groups in total. The van der Waals surface area contributed by atoms with Gasteiger partial charge in [0.05, 0.1) is 0 Å². The highest BCUT2D eigenvalue weighted by Gasteiger charge is 2.44. The molecule has 0 aromatic rings. The Bertz CT molecular complexity index is 317. The Morgan fingerprint density at radius 3 is 2.44 bits per heavy atom. The van der Waals surface area contributed by atoms with E-state index in [1.807, 2.05) is 25.7 Å². The van der Waals surface area contributed by atoms with E-state index in [2.05, 4.69) is 5.32 Å². The van der Waals surface area contributed by atoms with Crippen molar-refractivity contribution in [1.29, 1.82) is 0 Å². The summed E-state index contributed by atoms with van der Waals surface area (Å²) in [5.41, 5.74) is 5.94. The van der Waals surface area contributed by atoms with Crippen LogP contribution in [0.15, 0.2) is 0 Å². The van der Waals surface area contributed by atoms with Gasteiger partial charge >= 0.3 is 6.09 Å². The van der Waals surface area contributed by atoms with E-state index >= 15 is 0 Å². The van der Waals surface area contributed by atoms with Crippen molar-refractivity contribution in [3.63, 3.8) is 0 Å². The number of likely N-dealkylation sites (tertiary alicyclic amines) is 1. The molecule has 104 valence electrons. The van der Waals surface area contributed by atoms with Gasteiger partial charge in [0.1, 0.15) is 5.60 Å². The lowest BCUT2D eigenvalue weighted by Gasteiger charge is -2.41. The van der Waals surface area contributed by atoms with Gasteiger partial charge < -0.3 is 20.7 Å². The molecule has 0 bridgehead atoms. The summed E-state index contributed by atoms with van der Waals surface area (Å²) in [4.78, 5) is 13.8. The van der Waals surface area contributed by atoms with Gasteiger partial charge in [0.25, 0.3) is 0 Å². The minimum absolute atomic E-state index is 0.193. The fourth-order valence-electron chi connectivity index (χ4n) is 2.83. The van der Waals surface area contributed by atoms with Crippen LogP contribution in [0.5, 0.6) is 0 Å². The molecule has 2 saturated heterocycles. The van der Waals surface area contributed by atoms with Gasteiger partial charge in [0.2, 0.25) is 0 Å². The zero-order chi connectivity index (χ0) is 13.4. The van der Waals surface area contributed by atoms with Gasteiger partial charge in [-0.2, -0.15) is 0 Å². The molecule has 5 nitrogen and oxygen atoms in total. The van der Waals surface area contributed by atoms with E-state index < -0.39 is 5.60 Å². The Labute approximate surface area is 109 Å². The highest BCUT2D eigenvalue weighted by molar-refractivity contribution is 5.68. The molecule has 2 fully saturated rings. The van der Waals surface area contributed by atoms with Crippen molar-refractivity contribution < 1.29 is 9.53 Å². The normalized spacial score (nSPS) is 27.6. The molecule has 2 heterocycles. The SMILES string of the molecule is CC(C)(C)OC(=O)N1CCC2(CC1)CNC[C@H]2N. The zero-order valence-corrected chi connectivity index (χ0v) is 11.7. The average Bonchev–Trinajstić information content (AvgIpc) is 2.59. The van der Waals surface area contributed by atoms with Crippen LogP contribution in [0.1, 0.15) is 33.6 Å². The lowest BCUT2D eigenvalue weighted by Crippen LogP contribution is -2.51. The quantitative estimate of drug-likeness (QED) is 0.676. The number of ether oxygens (including phenoxy) is 1. The van der Waals surface area contributed by atoms with Crippen LogP contribution in [-0.4, -0.2) is 48.8 Å². The van der Waals surface area contributed by atoms with E-state index in [0.29, 0.717) is 0 Å². The minimum atomic E-state index is -0.419. The van der Waals surface area contributed by atoms with Crippen molar-refractivity contribution in [2.75, 3.05) is 26.2 Å². The number of hydrogen-bond donors (Lipinski definition) is 2. The number of carbonyl (C=O) groups excluding carboxylic acids is 1. The van der Waals surface area contributed by atoms with Gasteiger partial charge in [0, 0.05) is 37.6 Å². The largest absolute Gasteiger partial charge is 0.444 e. The first kappa shape index (κ1) is 13.6. The standard InChI is InChI=1S/C13H25N3O2/c1-12(2,3)18-11(17)16-6-4-13(5-7-16)9-15-8-10(13)14/h10,15H,4-9,14H2,1-3H3/t10-/m1/s1. The molecule has 0 aromatic heterocycles. The van der Waals surface area contributed by atoms with E-state index in [4.69, 9.17) is 10.5 Å². The van der Waals surface area contributed by atoms with Gasteiger partial charge in [-0.15, -0.1) is 0 Å². The Hall–Kier alpha value is -0.810. The van der Waals surface area contributed by atoms with Gasteiger partial charge in [-0.1, -0.05) is 0 Å². The van der Waals surface area contributed by atoms with Gasteiger partial charge in [0.15, 0.2) is 0 Å². The van der Waals surface area contributed by atoms with Crippen LogP contribution < -0.4 is 11.1 Å². The van der Waals surface area contributed by atoms with E-state index in [0.717, 1.165) is 39.0 Å². The predicted octanol–water partition coefficient (Wildman–Crippen LogP) is 0.934. The van der Waals surface area contributed by atoms with E-state index in [9.17, 15) is 4.79 Å². The zero-order valence-electron chi connectivity index (χ0n) is 11.7. The molecule has 5 heteroatoms. The number of nitrogens with one attached hydrogen (secondary N) is 1. The number of piperidine rings is 1. The maximum absolute atomic E-state index is 12.0. The second-order valence-electron chi connectivity index (χ2n) is 6.57. The van der Waals surface area contributed by atoms with E-state index in [1.54, 1.807) is 0 Å². The van der Waals surface area contributed by atoms with Crippen molar-refractivity contribution in [2.45, 2.75) is 45.3 Å². The molecule has 0 radical (unpaired) electrons. The van der Waals surface area contributed by atoms with Crippen LogP contribution in [0.3, 0.4) is 0 Å². The third-order valence-electron chi connectivity index (χ3n) is 4.04. The maximum atomic E-state index is 12.0. The molecule has 0 aromatic carbocycles. The molecule has 1 atom stereocenters. The van der Waals surface area contributed by atoms with Crippen LogP contribution in [-0.2, 0) is 4.74 Å². The topological polar surface area (TPSA) is 67.6 Å². The van der Waals surface area contributed by atoms with E-state index in [1.165, 1.54) is 0 Å². The maximum Gasteiger partial charge on any atom is 0.410 e. The number of rotatable bonds is 0. The fourth-order valence-corrected chi connectivity index (χ4v) is 2.83. The van der Waals surface area contributed by atoms with Crippen molar-refractivity contribution in [1.82, 2.24) is 10.2 Å². The number of nitrogens with zero attached hydrogens (tertiary/aromatic N) is 1. The first-order chi connectivity index (χ1) is 8.32. The molecule has 18 heavy (non-hydrogen) atoms. The summed E-state index contributed by atoms with van der Waals surface area (Å²) in [6.07, 6.45) is 1.75. The van der Waals surface area contributed by atoms with Crippen LogP contribution in [0, 0.1) is 5.41 Å². The number of hydrogen-bond acceptors (Lipinski definition) is 4. The summed E-state index contributed by atoms with van der Waals surface area (Å²) in [5.74, 6) is 0.